The molecule has 106 valence electrons. The Morgan fingerprint density at radius 3 is 2.79 bits per heavy atom. The lowest BCUT2D eigenvalue weighted by Gasteiger charge is -2.36. The fourth-order valence-corrected chi connectivity index (χ4v) is 2.97. The number of rotatable bonds is 5. The van der Waals surface area contributed by atoms with Crippen molar-refractivity contribution in [2.45, 2.75) is 32.2 Å². The van der Waals surface area contributed by atoms with Crippen LogP contribution < -0.4 is 0 Å². The van der Waals surface area contributed by atoms with E-state index in [0.717, 1.165) is 19.6 Å². The van der Waals surface area contributed by atoms with Gasteiger partial charge in [0.1, 0.15) is 5.75 Å². The molecule has 1 aromatic carbocycles. The minimum absolute atomic E-state index is 0.342. The zero-order valence-electron chi connectivity index (χ0n) is 12.0. The summed E-state index contributed by atoms with van der Waals surface area (Å²) in [4.78, 5) is 2.57. The highest BCUT2D eigenvalue weighted by atomic mass is 16.5. The number of hydrogen-bond acceptors (Lipinski definition) is 3. The monoisotopic (exact) mass is 263 g/mol. The minimum atomic E-state index is 0.342. The maximum absolute atomic E-state index is 9.31. The van der Waals surface area contributed by atoms with E-state index in [9.17, 15) is 5.11 Å². The Morgan fingerprint density at radius 1 is 1.37 bits per heavy atom. The van der Waals surface area contributed by atoms with Crippen molar-refractivity contribution in [2.24, 2.45) is 5.92 Å². The van der Waals surface area contributed by atoms with Gasteiger partial charge in [-0.2, -0.15) is 0 Å². The van der Waals surface area contributed by atoms with Gasteiger partial charge in [0.15, 0.2) is 0 Å². The Morgan fingerprint density at radius 2 is 2.11 bits per heavy atom. The van der Waals surface area contributed by atoms with Crippen molar-refractivity contribution < 1.29 is 9.84 Å². The quantitative estimate of drug-likeness (QED) is 0.886. The molecule has 0 amide bonds. The van der Waals surface area contributed by atoms with Crippen LogP contribution in [0.4, 0.5) is 0 Å². The van der Waals surface area contributed by atoms with E-state index in [2.05, 4.69) is 11.8 Å². The molecule has 2 atom stereocenters. The van der Waals surface area contributed by atoms with Crippen LogP contribution in [-0.2, 0) is 11.2 Å². The molecule has 19 heavy (non-hydrogen) atoms. The zero-order valence-corrected chi connectivity index (χ0v) is 12.0. The van der Waals surface area contributed by atoms with Crippen LogP contribution in [0.25, 0.3) is 0 Å². The van der Waals surface area contributed by atoms with Gasteiger partial charge < -0.3 is 9.84 Å². The van der Waals surface area contributed by atoms with E-state index < -0.39 is 0 Å². The highest BCUT2D eigenvalue weighted by molar-refractivity contribution is 5.26. The van der Waals surface area contributed by atoms with Crippen molar-refractivity contribution in [2.75, 3.05) is 26.8 Å². The Balaban J connectivity index is 1.88. The van der Waals surface area contributed by atoms with Crippen LogP contribution in [-0.4, -0.2) is 42.9 Å². The van der Waals surface area contributed by atoms with Crippen molar-refractivity contribution in [1.29, 1.82) is 0 Å². The third-order valence-electron chi connectivity index (χ3n) is 4.04. The first-order valence-corrected chi connectivity index (χ1v) is 7.20. The summed E-state index contributed by atoms with van der Waals surface area (Å²) in [5.41, 5.74) is 1.29. The fraction of sp³-hybridized carbons (Fsp3) is 0.625. The summed E-state index contributed by atoms with van der Waals surface area (Å²) in [6, 6.07) is 8.12. The normalized spacial score (nSPS) is 22.3. The molecule has 2 unspecified atom stereocenters. The Labute approximate surface area is 116 Å². The Kier molecular flexibility index (Phi) is 5.23. The summed E-state index contributed by atoms with van der Waals surface area (Å²) in [6.45, 7) is 5.51. The van der Waals surface area contributed by atoms with E-state index in [4.69, 9.17) is 4.74 Å². The first-order chi connectivity index (χ1) is 9.19. The second kappa shape index (κ2) is 6.92. The average molecular weight is 263 g/mol. The summed E-state index contributed by atoms with van der Waals surface area (Å²) in [7, 11) is 1.79. The predicted molar refractivity (Wildman–Crippen MR) is 77.4 cm³/mol. The largest absolute Gasteiger partial charge is 0.508 e. The molecule has 1 N–H and O–H groups in total. The summed E-state index contributed by atoms with van der Waals surface area (Å²) in [5.74, 6) is 1.02. The van der Waals surface area contributed by atoms with Crippen molar-refractivity contribution in [3.63, 3.8) is 0 Å². The van der Waals surface area contributed by atoms with Gasteiger partial charge in [-0.25, -0.2) is 0 Å². The Bertz CT molecular complexity index is 375. The van der Waals surface area contributed by atoms with Crippen LogP contribution in [0.1, 0.15) is 25.3 Å². The van der Waals surface area contributed by atoms with Gasteiger partial charge in [-0.3, -0.25) is 4.90 Å². The maximum atomic E-state index is 9.31. The number of phenolic OH excluding ortho intramolecular Hbond substituents is 1. The van der Waals surface area contributed by atoms with Gasteiger partial charge in [-0.15, -0.1) is 0 Å². The van der Waals surface area contributed by atoms with E-state index in [1.54, 1.807) is 19.2 Å². The lowest BCUT2D eigenvalue weighted by Crippen LogP contribution is -2.43. The summed E-state index contributed by atoms with van der Waals surface area (Å²) < 4.78 is 5.29. The molecule has 0 saturated carbocycles. The number of ether oxygens (including phenoxy) is 1. The van der Waals surface area contributed by atoms with Crippen LogP contribution in [0, 0.1) is 5.92 Å². The SMILES string of the molecule is COCC1CCCN(C(C)Cc2ccc(O)cc2)C1. The van der Waals surface area contributed by atoms with Gasteiger partial charge in [0.05, 0.1) is 6.61 Å². The fourth-order valence-electron chi connectivity index (χ4n) is 2.97. The van der Waals surface area contributed by atoms with E-state index in [0.29, 0.717) is 17.7 Å². The molecule has 1 aliphatic rings. The number of methoxy groups -OCH3 is 1. The average Bonchev–Trinajstić information content (AvgIpc) is 2.42. The van der Waals surface area contributed by atoms with Crippen LogP contribution in [0.15, 0.2) is 24.3 Å². The third kappa shape index (κ3) is 4.22. The van der Waals surface area contributed by atoms with Gasteiger partial charge >= 0.3 is 0 Å². The number of phenols is 1. The highest BCUT2D eigenvalue weighted by Gasteiger charge is 2.23. The predicted octanol–water partition coefficient (Wildman–Crippen LogP) is 2.68. The molecule has 0 radical (unpaired) electrons. The second-order valence-corrected chi connectivity index (χ2v) is 5.68. The van der Waals surface area contributed by atoms with Crippen LogP contribution in [0.2, 0.25) is 0 Å². The molecule has 1 fully saturated rings. The molecule has 0 spiro atoms. The maximum Gasteiger partial charge on any atom is 0.115 e. The molecule has 2 rings (SSSR count). The van der Waals surface area contributed by atoms with E-state index >= 15 is 0 Å². The number of hydrogen-bond donors (Lipinski definition) is 1. The first kappa shape index (κ1) is 14.4. The van der Waals surface area contributed by atoms with E-state index in [1.165, 1.54) is 24.9 Å². The Hall–Kier alpha value is -1.06. The molecule has 1 heterocycles. The second-order valence-electron chi connectivity index (χ2n) is 5.68. The van der Waals surface area contributed by atoms with Gasteiger partial charge in [-0.05, 0) is 56.3 Å². The van der Waals surface area contributed by atoms with Crippen molar-refractivity contribution >= 4 is 0 Å². The molecule has 3 heteroatoms. The van der Waals surface area contributed by atoms with Gasteiger partial charge in [0.25, 0.3) is 0 Å². The number of likely N-dealkylation sites (tertiary alicyclic amines) is 1. The molecular formula is C16H25NO2. The van der Waals surface area contributed by atoms with Crippen LogP contribution >= 0.6 is 0 Å². The molecule has 0 aromatic heterocycles. The molecule has 0 aliphatic carbocycles. The van der Waals surface area contributed by atoms with Gasteiger partial charge in [0, 0.05) is 19.7 Å². The molecule has 3 nitrogen and oxygen atoms in total. The number of nitrogens with zero attached hydrogens (tertiary/aromatic N) is 1. The van der Waals surface area contributed by atoms with Crippen molar-refractivity contribution in [1.82, 2.24) is 4.90 Å². The highest BCUT2D eigenvalue weighted by Crippen LogP contribution is 2.21. The molecular weight excluding hydrogens is 238 g/mol. The lowest BCUT2D eigenvalue weighted by molar-refractivity contribution is 0.0723. The van der Waals surface area contributed by atoms with Crippen LogP contribution in [0.5, 0.6) is 5.75 Å². The van der Waals surface area contributed by atoms with E-state index in [-0.39, 0.29) is 0 Å². The number of aromatic hydroxyl groups is 1. The third-order valence-corrected chi connectivity index (χ3v) is 4.04. The van der Waals surface area contributed by atoms with Gasteiger partial charge in [0.2, 0.25) is 0 Å². The van der Waals surface area contributed by atoms with E-state index in [1.807, 2.05) is 12.1 Å². The summed E-state index contributed by atoms with van der Waals surface area (Å²) in [6.07, 6.45) is 3.60. The lowest BCUT2D eigenvalue weighted by atomic mass is 9.96. The zero-order chi connectivity index (χ0) is 13.7. The topological polar surface area (TPSA) is 32.7 Å². The number of benzene rings is 1. The number of piperidine rings is 1. The molecule has 0 bridgehead atoms. The standard InChI is InChI=1S/C16H25NO2/c1-13(10-14-5-7-16(18)8-6-14)17-9-3-4-15(11-17)12-19-2/h5-8,13,15,18H,3-4,9-12H2,1-2H3. The summed E-state index contributed by atoms with van der Waals surface area (Å²) >= 11 is 0. The van der Waals surface area contributed by atoms with Gasteiger partial charge in [-0.1, -0.05) is 12.1 Å². The first-order valence-electron chi connectivity index (χ1n) is 7.20. The molecule has 1 saturated heterocycles. The van der Waals surface area contributed by atoms with Crippen LogP contribution in [0.3, 0.4) is 0 Å². The molecule has 1 aliphatic heterocycles. The smallest absolute Gasteiger partial charge is 0.115 e. The van der Waals surface area contributed by atoms with Crippen molar-refractivity contribution in [3.05, 3.63) is 29.8 Å². The minimum Gasteiger partial charge on any atom is -0.508 e. The summed E-state index contributed by atoms with van der Waals surface area (Å²) in [5, 5.41) is 9.31. The van der Waals surface area contributed by atoms with Crippen molar-refractivity contribution in [3.8, 4) is 5.75 Å². The molecule has 1 aromatic rings.